The number of rotatable bonds is 7. The Morgan fingerprint density at radius 2 is 1.60 bits per heavy atom. The Morgan fingerprint density at radius 1 is 1.00 bits per heavy atom. The monoisotopic (exact) mass is 420 g/mol. The van der Waals surface area contributed by atoms with E-state index in [1.54, 1.807) is 24.3 Å². The molecular weight excluding hydrogens is 401 g/mol. The molecule has 1 aliphatic heterocycles. The van der Waals surface area contributed by atoms with Gasteiger partial charge in [-0.2, -0.15) is 0 Å². The summed E-state index contributed by atoms with van der Waals surface area (Å²) in [5, 5.41) is 2.58. The predicted molar refractivity (Wildman–Crippen MR) is 104 cm³/mol. The van der Waals surface area contributed by atoms with Crippen molar-refractivity contribution in [3.8, 4) is 5.75 Å². The van der Waals surface area contributed by atoms with Gasteiger partial charge in [0, 0.05) is 13.1 Å². The number of para-hydroxylation sites is 2. The maximum atomic E-state index is 12.5. The zero-order valence-electron chi connectivity index (χ0n) is 15.8. The third kappa shape index (κ3) is 5.07. The van der Waals surface area contributed by atoms with Crippen LogP contribution in [-0.2, 0) is 0 Å². The number of nitrogens with zero attached hydrogens (tertiary/aromatic N) is 2. The van der Waals surface area contributed by atoms with Crippen molar-refractivity contribution < 1.29 is 27.5 Å². The maximum absolute atomic E-state index is 12.5. The third-order valence-corrected chi connectivity index (χ3v) is 4.33. The first-order chi connectivity index (χ1) is 14.3. The van der Waals surface area contributed by atoms with Crippen molar-refractivity contribution in [2.75, 3.05) is 18.4 Å². The summed E-state index contributed by atoms with van der Waals surface area (Å²) in [6.07, 6.45) is -3.79. The summed E-state index contributed by atoms with van der Waals surface area (Å²) in [5.74, 6) is -1.13. The summed E-state index contributed by atoms with van der Waals surface area (Å²) in [4.78, 5) is 29.8. The van der Waals surface area contributed by atoms with Crippen LogP contribution in [0.4, 0.5) is 18.9 Å². The summed E-state index contributed by atoms with van der Waals surface area (Å²) in [7, 11) is 0. The van der Waals surface area contributed by atoms with Gasteiger partial charge in [-0.25, -0.2) is 0 Å². The minimum Gasteiger partial charge on any atom is -0.404 e. The van der Waals surface area contributed by atoms with Crippen LogP contribution in [0.1, 0.15) is 33.6 Å². The smallest absolute Gasteiger partial charge is 0.404 e. The van der Waals surface area contributed by atoms with Crippen molar-refractivity contribution in [2.45, 2.75) is 19.2 Å². The topological polar surface area (TPSA) is 97.0 Å². The Hall–Kier alpha value is -3.56. The van der Waals surface area contributed by atoms with E-state index in [-0.39, 0.29) is 36.6 Å². The van der Waals surface area contributed by atoms with E-state index in [9.17, 15) is 22.8 Å². The first-order valence-corrected chi connectivity index (χ1v) is 9.13. The quantitative estimate of drug-likeness (QED) is 0.310. The van der Waals surface area contributed by atoms with E-state index in [1.807, 2.05) is 0 Å². The Bertz CT molecular complexity index is 941. The number of halogens is 3. The van der Waals surface area contributed by atoms with Gasteiger partial charge in [0.2, 0.25) is 0 Å². The van der Waals surface area contributed by atoms with Crippen LogP contribution in [0.3, 0.4) is 0 Å². The number of nitrogens with one attached hydrogen (secondary N) is 1. The molecule has 1 aliphatic rings. The van der Waals surface area contributed by atoms with Crippen molar-refractivity contribution in [3.05, 3.63) is 59.7 Å². The number of amides is 2. The van der Waals surface area contributed by atoms with Gasteiger partial charge in [0.15, 0.2) is 11.7 Å². The fraction of sp³-hybridized carbons (Fsp3) is 0.250. The highest BCUT2D eigenvalue weighted by atomic mass is 19.4. The van der Waals surface area contributed by atoms with Crippen molar-refractivity contribution >= 4 is 23.5 Å². The lowest BCUT2D eigenvalue weighted by atomic mass is 10.1. The molecule has 30 heavy (non-hydrogen) atoms. The number of hydrogen-bond donors (Lipinski definition) is 2. The van der Waals surface area contributed by atoms with Crippen LogP contribution in [0.25, 0.3) is 0 Å². The van der Waals surface area contributed by atoms with Gasteiger partial charge in [-0.05, 0) is 37.1 Å². The molecule has 1 heterocycles. The van der Waals surface area contributed by atoms with E-state index < -0.39 is 12.1 Å². The fourth-order valence-electron chi connectivity index (χ4n) is 2.98. The van der Waals surface area contributed by atoms with Crippen molar-refractivity contribution in [3.63, 3.8) is 0 Å². The summed E-state index contributed by atoms with van der Waals surface area (Å²) in [5.41, 5.74) is 6.55. The minimum atomic E-state index is -4.83. The van der Waals surface area contributed by atoms with Crippen LogP contribution in [0.5, 0.6) is 5.75 Å². The molecule has 0 unspecified atom stereocenters. The molecule has 0 atom stereocenters. The Balaban J connectivity index is 1.48. The van der Waals surface area contributed by atoms with Gasteiger partial charge < -0.3 is 15.8 Å². The zero-order chi connectivity index (χ0) is 21.7. The summed E-state index contributed by atoms with van der Waals surface area (Å²) in [6.45, 7) is 0.516. The Labute approximate surface area is 170 Å². The number of imide groups is 1. The maximum Gasteiger partial charge on any atom is 0.573 e. The molecule has 3 N–H and O–H groups in total. The highest BCUT2D eigenvalue weighted by Gasteiger charge is 2.34. The number of nitrogens with two attached hydrogens (primary N) is 1. The molecule has 3 rings (SSSR count). The molecule has 2 aromatic rings. The van der Waals surface area contributed by atoms with E-state index in [2.05, 4.69) is 15.0 Å². The number of unbranched alkanes of at least 4 members (excludes halogenated alkanes) is 1. The molecule has 0 saturated heterocycles. The van der Waals surface area contributed by atoms with Crippen molar-refractivity contribution in [1.29, 1.82) is 0 Å². The van der Waals surface area contributed by atoms with Gasteiger partial charge >= 0.3 is 6.36 Å². The van der Waals surface area contributed by atoms with E-state index >= 15 is 0 Å². The van der Waals surface area contributed by atoms with Crippen LogP contribution >= 0.6 is 0 Å². The number of guanidine groups is 1. The van der Waals surface area contributed by atoms with Crippen LogP contribution in [-0.4, -0.2) is 42.1 Å². The lowest BCUT2D eigenvalue weighted by Gasteiger charge is -2.14. The number of anilines is 1. The SMILES string of the molecule is NC(=NCCCCN1C(=O)c2ccccc2C1=O)Nc1ccccc1OC(F)(F)F. The molecule has 0 saturated carbocycles. The van der Waals surface area contributed by atoms with Gasteiger partial charge in [-0.3, -0.25) is 19.5 Å². The number of hydrogen-bond acceptors (Lipinski definition) is 4. The highest BCUT2D eigenvalue weighted by Crippen LogP contribution is 2.29. The average Bonchev–Trinajstić information content (AvgIpc) is 2.93. The fourth-order valence-corrected chi connectivity index (χ4v) is 2.98. The molecule has 0 bridgehead atoms. The standard InChI is InChI=1S/C20H19F3N4O3/c21-20(22,23)30-16-10-4-3-9-15(16)26-19(24)25-11-5-6-12-27-17(28)13-7-1-2-8-14(13)18(27)29/h1-4,7-10H,5-6,11-12H2,(H3,24,25,26). The van der Waals surface area contributed by atoms with Crippen LogP contribution < -0.4 is 15.8 Å². The first kappa shape index (κ1) is 21.2. The van der Waals surface area contributed by atoms with Crippen molar-refractivity contribution in [1.82, 2.24) is 4.90 Å². The second-order valence-corrected chi connectivity index (χ2v) is 6.45. The average molecular weight is 420 g/mol. The lowest BCUT2D eigenvalue weighted by Crippen LogP contribution is -2.30. The number of carbonyl (C=O) groups excluding carboxylic acids is 2. The number of fused-ring (bicyclic) bond motifs is 1. The van der Waals surface area contributed by atoms with Gasteiger partial charge in [0.05, 0.1) is 16.8 Å². The number of benzene rings is 2. The normalized spacial score (nSPS) is 14.1. The molecular formula is C20H19F3N4O3. The second kappa shape index (κ2) is 8.85. The lowest BCUT2D eigenvalue weighted by molar-refractivity contribution is -0.274. The molecule has 0 spiro atoms. The van der Waals surface area contributed by atoms with E-state index in [4.69, 9.17) is 5.73 Å². The largest absolute Gasteiger partial charge is 0.573 e. The molecule has 0 fully saturated rings. The second-order valence-electron chi connectivity index (χ2n) is 6.45. The number of ether oxygens (including phenoxy) is 1. The number of alkyl halides is 3. The predicted octanol–water partition coefficient (Wildman–Crippen LogP) is 3.39. The Kier molecular flexibility index (Phi) is 6.24. The molecule has 0 radical (unpaired) electrons. The Morgan fingerprint density at radius 3 is 2.23 bits per heavy atom. The highest BCUT2D eigenvalue weighted by molar-refractivity contribution is 6.21. The third-order valence-electron chi connectivity index (χ3n) is 4.33. The molecule has 10 heteroatoms. The first-order valence-electron chi connectivity index (χ1n) is 9.13. The van der Waals surface area contributed by atoms with E-state index in [1.165, 1.54) is 23.1 Å². The minimum absolute atomic E-state index is 0.0297. The number of carbonyl (C=O) groups is 2. The van der Waals surface area contributed by atoms with Crippen LogP contribution in [0.15, 0.2) is 53.5 Å². The number of aliphatic imine (C=N–C) groups is 1. The van der Waals surface area contributed by atoms with Gasteiger partial charge in [-0.15, -0.1) is 13.2 Å². The van der Waals surface area contributed by atoms with Crippen LogP contribution in [0.2, 0.25) is 0 Å². The molecule has 2 amide bonds. The van der Waals surface area contributed by atoms with Crippen molar-refractivity contribution in [2.24, 2.45) is 10.7 Å². The molecule has 0 aliphatic carbocycles. The van der Waals surface area contributed by atoms with E-state index in [0.717, 1.165) is 6.07 Å². The summed E-state index contributed by atoms with van der Waals surface area (Å²) < 4.78 is 41.3. The van der Waals surface area contributed by atoms with Gasteiger partial charge in [0.1, 0.15) is 0 Å². The molecule has 158 valence electrons. The summed E-state index contributed by atoms with van der Waals surface area (Å²) in [6, 6.07) is 12.1. The van der Waals surface area contributed by atoms with Gasteiger partial charge in [-0.1, -0.05) is 24.3 Å². The van der Waals surface area contributed by atoms with E-state index in [0.29, 0.717) is 24.0 Å². The molecule has 2 aromatic carbocycles. The molecule has 0 aromatic heterocycles. The zero-order valence-corrected chi connectivity index (χ0v) is 15.8. The van der Waals surface area contributed by atoms with Gasteiger partial charge in [0.25, 0.3) is 11.8 Å². The van der Waals surface area contributed by atoms with Crippen LogP contribution in [0, 0.1) is 0 Å². The molecule has 7 nitrogen and oxygen atoms in total. The summed E-state index contributed by atoms with van der Waals surface area (Å²) >= 11 is 0.